The van der Waals surface area contributed by atoms with Crippen molar-refractivity contribution < 1.29 is 22.6 Å². The number of nitro groups is 1. The van der Waals surface area contributed by atoms with Crippen LogP contribution in [0.1, 0.15) is 5.76 Å². The maximum absolute atomic E-state index is 11.6. The normalized spacial score (nSPS) is 17.1. The zero-order valence-corrected chi connectivity index (χ0v) is 12.4. The number of nitrogens with zero attached hydrogens (tertiary/aromatic N) is 2. The first kappa shape index (κ1) is 15.2. The molecule has 2 aromatic rings. The molecule has 1 fully saturated rings. The van der Waals surface area contributed by atoms with Crippen LogP contribution in [0.15, 0.2) is 40.8 Å². The van der Waals surface area contributed by atoms with Crippen molar-refractivity contribution in [2.75, 3.05) is 6.54 Å². The lowest BCUT2D eigenvalue weighted by molar-refractivity contribution is -0.384. The summed E-state index contributed by atoms with van der Waals surface area (Å²) >= 11 is 0. The van der Waals surface area contributed by atoms with E-state index in [1.54, 1.807) is 24.3 Å². The molecule has 23 heavy (non-hydrogen) atoms. The minimum Gasteiger partial charge on any atom is -0.460 e. The third-order valence-corrected chi connectivity index (χ3v) is 4.68. The van der Waals surface area contributed by atoms with E-state index < -0.39 is 21.0 Å². The third-order valence-electron chi connectivity index (χ3n) is 3.26. The fraction of sp³-hybridized carbons (Fsp3) is 0.154. The molecule has 1 aromatic carbocycles. The lowest BCUT2D eigenvalue weighted by Gasteiger charge is -2.09. The molecule has 1 aliphatic heterocycles. The molecule has 1 aromatic heterocycles. The Labute approximate surface area is 130 Å². The van der Waals surface area contributed by atoms with Crippen molar-refractivity contribution in [2.45, 2.75) is 6.54 Å². The van der Waals surface area contributed by atoms with Crippen LogP contribution >= 0.6 is 0 Å². The highest BCUT2D eigenvalue weighted by Gasteiger charge is 2.34. The van der Waals surface area contributed by atoms with Crippen molar-refractivity contribution in [3.05, 3.63) is 52.3 Å². The zero-order valence-electron chi connectivity index (χ0n) is 11.6. The van der Waals surface area contributed by atoms with Gasteiger partial charge in [0.1, 0.15) is 11.5 Å². The van der Waals surface area contributed by atoms with Crippen LogP contribution in [-0.2, 0) is 21.5 Å². The molecule has 10 heteroatoms. The lowest BCUT2D eigenvalue weighted by Crippen LogP contribution is -2.29. The predicted octanol–water partition coefficient (Wildman–Crippen LogP) is 1.03. The number of rotatable bonds is 4. The summed E-state index contributed by atoms with van der Waals surface area (Å²) in [5.41, 5.74) is 0.591. The second-order valence-corrected chi connectivity index (χ2v) is 6.54. The van der Waals surface area contributed by atoms with Crippen molar-refractivity contribution in [3.63, 3.8) is 0 Å². The molecular weight excluding hydrogens is 326 g/mol. The van der Waals surface area contributed by atoms with Gasteiger partial charge in [0.05, 0.1) is 18.0 Å². The molecule has 2 heterocycles. The van der Waals surface area contributed by atoms with Gasteiger partial charge >= 0.3 is 10.2 Å². The lowest BCUT2D eigenvalue weighted by atomic mass is 10.1. The first-order valence-corrected chi connectivity index (χ1v) is 7.93. The highest BCUT2D eigenvalue weighted by Crippen LogP contribution is 2.25. The van der Waals surface area contributed by atoms with Gasteiger partial charge in [-0.2, -0.15) is 12.7 Å². The van der Waals surface area contributed by atoms with E-state index in [4.69, 9.17) is 4.42 Å². The molecule has 9 nitrogen and oxygen atoms in total. The van der Waals surface area contributed by atoms with Crippen LogP contribution in [0.5, 0.6) is 0 Å². The number of nitrogens with one attached hydrogen (secondary N) is 1. The number of furan rings is 1. The van der Waals surface area contributed by atoms with E-state index in [0.717, 1.165) is 4.31 Å². The molecule has 1 saturated heterocycles. The molecule has 0 aliphatic carbocycles. The van der Waals surface area contributed by atoms with E-state index in [2.05, 4.69) is 0 Å². The Morgan fingerprint density at radius 1 is 1.22 bits per heavy atom. The number of carbonyl (C=O) groups excluding carboxylic acids is 1. The number of hydrogen-bond acceptors (Lipinski definition) is 6. The molecule has 1 N–H and O–H groups in total. The minimum atomic E-state index is -3.81. The second kappa shape index (κ2) is 5.48. The van der Waals surface area contributed by atoms with E-state index >= 15 is 0 Å². The van der Waals surface area contributed by atoms with Crippen LogP contribution < -0.4 is 4.72 Å². The van der Waals surface area contributed by atoms with Crippen LogP contribution in [0.4, 0.5) is 5.69 Å². The molecule has 1 amide bonds. The summed E-state index contributed by atoms with van der Waals surface area (Å²) in [6, 6.07) is 9.01. The van der Waals surface area contributed by atoms with E-state index in [9.17, 15) is 23.3 Å². The van der Waals surface area contributed by atoms with Crippen molar-refractivity contribution in [2.24, 2.45) is 0 Å². The second-order valence-electron chi connectivity index (χ2n) is 4.87. The zero-order chi connectivity index (χ0) is 16.6. The fourth-order valence-corrected chi connectivity index (χ4v) is 3.23. The largest absolute Gasteiger partial charge is 0.460 e. The van der Waals surface area contributed by atoms with Gasteiger partial charge in [-0.1, -0.05) is 0 Å². The monoisotopic (exact) mass is 337 g/mol. The summed E-state index contributed by atoms with van der Waals surface area (Å²) in [5.74, 6) is 0.219. The molecule has 0 saturated carbocycles. The van der Waals surface area contributed by atoms with Crippen molar-refractivity contribution in [1.29, 1.82) is 0 Å². The van der Waals surface area contributed by atoms with Crippen molar-refractivity contribution in [3.8, 4) is 11.3 Å². The average Bonchev–Trinajstić information content (AvgIpc) is 3.04. The van der Waals surface area contributed by atoms with Gasteiger partial charge in [0, 0.05) is 17.7 Å². The molecule has 3 rings (SSSR count). The van der Waals surface area contributed by atoms with Crippen molar-refractivity contribution >= 4 is 21.8 Å². The molecule has 0 spiro atoms. The van der Waals surface area contributed by atoms with Gasteiger partial charge in [0.15, 0.2) is 0 Å². The van der Waals surface area contributed by atoms with Gasteiger partial charge in [0.25, 0.3) is 5.69 Å². The van der Waals surface area contributed by atoms with E-state index in [-0.39, 0.29) is 18.8 Å². The van der Waals surface area contributed by atoms with E-state index in [1.807, 2.05) is 4.72 Å². The molecule has 120 valence electrons. The summed E-state index contributed by atoms with van der Waals surface area (Å²) in [6.45, 7) is -0.329. The van der Waals surface area contributed by atoms with Gasteiger partial charge in [-0.25, -0.2) is 4.72 Å². The summed E-state index contributed by atoms with van der Waals surface area (Å²) in [4.78, 5) is 21.3. The first-order chi connectivity index (χ1) is 10.8. The summed E-state index contributed by atoms with van der Waals surface area (Å²) < 4.78 is 31.7. The fourth-order valence-electron chi connectivity index (χ4n) is 2.17. The van der Waals surface area contributed by atoms with Gasteiger partial charge in [0.2, 0.25) is 5.91 Å². The van der Waals surface area contributed by atoms with Gasteiger partial charge in [-0.3, -0.25) is 14.9 Å². The number of hydrogen-bond donors (Lipinski definition) is 1. The minimum absolute atomic E-state index is 0.0340. The van der Waals surface area contributed by atoms with Crippen LogP contribution in [0, 0.1) is 10.1 Å². The summed E-state index contributed by atoms with van der Waals surface area (Å²) in [6.07, 6.45) is 0. The van der Waals surface area contributed by atoms with E-state index in [0.29, 0.717) is 17.1 Å². The maximum atomic E-state index is 11.6. The Kier molecular flexibility index (Phi) is 3.62. The van der Waals surface area contributed by atoms with Gasteiger partial charge in [-0.15, -0.1) is 0 Å². The topological polar surface area (TPSA) is 123 Å². The number of amides is 1. The molecule has 1 aliphatic rings. The van der Waals surface area contributed by atoms with Gasteiger partial charge in [-0.05, 0) is 24.3 Å². The number of carbonyl (C=O) groups is 1. The Balaban J connectivity index is 1.78. The number of nitro benzene ring substituents is 1. The van der Waals surface area contributed by atoms with Crippen LogP contribution in [0.3, 0.4) is 0 Å². The van der Waals surface area contributed by atoms with Crippen molar-refractivity contribution in [1.82, 2.24) is 9.03 Å². The standard InChI is InChI=1S/C13H11N3O6S/c17-13-8-15(23(20,21)14-13)7-11-5-6-12(22-11)9-1-3-10(4-2-9)16(18)19/h1-6H,7-8H2,(H,14,17). The Morgan fingerprint density at radius 3 is 2.48 bits per heavy atom. The van der Waals surface area contributed by atoms with Gasteiger partial charge < -0.3 is 4.42 Å². The Hall–Kier alpha value is -2.72. The smallest absolute Gasteiger partial charge is 0.304 e. The predicted molar refractivity (Wildman–Crippen MR) is 78.3 cm³/mol. The number of non-ortho nitro benzene ring substituents is 1. The van der Waals surface area contributed by atoms with Crippen LogP contribution in [-0.4, -0.2) is 30.1 Å². The first-order valence-electron chi connectivity index (χ1n) is 6.49. The molecule has 0 bridgehead atoms. The highest BCUT2D eigenvalue weighted by atomic mass is 32.2. The highest BCUT2D eigenvalue weighted by molar-refractivity contribution is 7.88. The molecule has 0 atom stereocenters. The average molecular weight is 337 g/mol. The Morgan fingerprint density at radius 2 is 1.91 bits per heavy atom. The molecular formula is C13H11N3O6S. The molecule has 0 unspecified atom stereocenters. The quantitative estimate of drug-likeness (QED) is 0.656. The van der Waals surface area contributed by atoms with Crippen LogP contribution in [0.25, 0.3) is 11.3 Å². The number of benzene rings is 1. The van der Waals surface area contributed by atoms with Crippen LogP contribution in [0.2, 0.25) is 0 Å². The summed E-state index contributed by atoms with van der Waals surface area (Å²) in [5, 5.41) is 10.6. The molecule has 0 radical (unpaired) electrons. The SMILES string of the molecule is O=C1CN(Cc2ccc(-c3ccc([N+](=O)[O-])cc3)o2)S(=O)(=O)N1. The maximum Gasteiger partial charge on any atom is 0.304 e. The summed E-state index contributed by atoms with van der Waals surface area (Å²) in [7, 11) is -3.81. The third kappa shape index (κ3) is 3.07. The van der Waals surface area contributed by atoms with E-state index in [1.165, 1.54) is 12.1 Å². The Bertz CT molecular complexity index is 871.